The number of rotatable bonds is 1. The van der Waals surface area contributed by atoms with E-state index < -0.39 is 0 Å². The maximum absolute atomic E-state index is 4.27. The van der Waals surface area contributed by atoms with Crippen LogP contribution in [0.5, 0.6) is 0 Å². The fraction of sp³-hybridized carbons (Fsp3) is 0.538. The molecule has 0 aromatic carbocycles. The van der Waals surface area contributed by atoms with E-state index in [1.165, 1.54) is 12.8 Å². The van der Waals surface area contributed by atoms with E-state index in [1.54, 1.807) is 6.33 Å². The lowest BCUT2D eigenvalue weighted by Gasteiger charge is -2.06. The zero-order chi connectivity index (χ0) is 10.9. The molecule has 0 radical (unpaired) electrons. The lowest BCUT2D eigenvalue weighted by Crippen LogP contribution is -2.00. The second-order valence-electron chi connectivity index (χ2n) is 5.10. The predicted octanol–water partition coefficient (Wildman–Crippen LogP) is 2.75. The van der Waals surface area contributed by atoms with E-state index in [0.29, 0.717) is 5.92 Å². The monoisotopic (exact) mass is 200 g/mol. The molecule has 1 fully saturated rings. The van der Waals surface area contributed by atoms with E-state index >= 15 is 0 Å². The molecule has 1 saturated carbocycles. The van der Waals surface area contributed by atoms with Crippen LogP contribution in [-0.4, -0.2) is 9.97 Å². The summed E-state index contributed by atoms with van der Waals surface area (Å²) in [4.78, 5) is 8.43. The van der Waals surface area contributed by atoms with Gasteiger partial charge in [0.25, 0.3) is 0 Å². The van der Waals surface area contributed by atoms with Crippen LogP contribution < -0.4 is 0 Å². The third-order valence-corrected chi connectivity index (χ3v) is 2.25. The Morgan fingerprint density at radius 2 is 2.00 bits per heavy atom. The van der Waals surface area contributed by atoms with Gasteiger partial charge in [0.15, 0.2) is 0 Å². The van der Waals surface area contributed by atoms with Gasteiger partial charge < -0.3 is 0 Å². The summed E-state index contributed by atoms with van der Waals surface area (Å²) in [6.45, 7) is 6.30. The van der Waals surface area contributed by atoms with Gasteiger partial charge in [-0.05, 0) is 45.6 Å². The summed E-state index contributed by atoms with van der Waals surface area (Å²) < 4.78 is 0. The molecule has 0 N–H and O–H groups in total. The van der Waals surface area contributed by atoms with Crippen molar-refractivity contribution in [3.63, 3.8) is 0 Å². The molecule has 1 aliphatic rings. The topological polar surface area (TPSA) is 25.8 Å². The molecule has 2 rings (SSSR count). The summed E-state index contributed by atoms with van der Waals surface area (Å²) in [6.07, 6.45) is 4.16. The first-order chi connectivity index (χ1) is 7.04. The maximum atomic E-state index is 4.27. The standard InChI is InChI=1S/C13H16N2/c1-13(2,3)7-6-11-8-12(10-4-5-10)15-9-14-11/h8-10H,4-5H2,1-3H3. The molecule has 0 saturated heterocycles. The van der Waals surface area contributed by atoms with Gasteiger partial charge in [-0.25, -0.2) is 9.97 Å². The second-order valence-corrected chi connectivity index (χ2v) is 5.10. The first-order valence-corrected chi connectivity index (χ1v) is 5.40. The van der Waals surface area contributed by atoms with E-state index in [9.17, 15) is 0 Å². The van der Waals surface area contributed by atoms with Gasteiger partial charge in [-0.2, -0.15) is 0 Å². The molecule has 0 atom stereocenters. The second kappa shape index (κ2) is 3.66. The van der Waals surface area contributed by atoms with Crippen LogP contribution in [0, 0.1) is 17.3 Å². The van der Waals surface area contributed by atoms with E-state index in [0.717, 1.165) is 11.4 Å². The van der Waals surface area contributed by atoms with Crippen molar-refractivity contribution in [2.45, 2.75) is 39.5 Å². The normalized spacial score (nSPS) is 15.7. The molecule has 0 spiro atoms. The fourth-order valence-electron chi connectivity index (χ4n) is 1.29. The minimum absolute atomic E-state index is 0.0324. The molecule has 0 amide bonds. The van der Waals surface area contributed by atoms with Crippen LogP contribution in [0.25, 0.3) is 0 Å². The summed E-state index contributed by atoms with van der Waals surface area (Å²) in [5, 5.41) is 0. The average Bonchev–Trinajstić information content (AvgIpc) is 2.97. The van der Waals surface area contributed by atoms with Crippen molar-refractivity contribution in [3.8, 4) is 11.8 Å². The van der Waals surface area contributed by atoms with Gasteiger partial charge in [0.1, 0.15) is 12.0 Å². The van der Waals surface area contributed by atoms with Crippen molar-refractivity contribution in [2.24, 2.45) is 5.41 Å². The molecule has 0 unspecified atom stereocenters. The SMILES string of the molecule is CC(C)(C)C#Cc1cc(C2CC2)ncn1. The molecule has 1 aliphatic carbocycles. The van der Waals surface area contributed by atoms with E-state index in [-0.39, 0.29) is 5.41 Å². The van der Waals surface area contributed by atoms with Crippen molar-refractivity contribution >= 4 is 0 Å². The fourth-order valence-corrected chi connectivity index (χ4v) is 1.29. The van der Waals surface area contributed by atoms with Crippen molar-refractivity contribution in [1.29, 1.82) is 0 Å². The summed E-state index contributed by atoms with van der Waals surface area (Å²) >= 11 is 0. The van der Waals surface area contributed by atoms with Crippen molar-refractivity contribution in [1.82, 2.24) is 9.97 Å². The van der Waals surface area contributed by atoms with Gasteiger partial charge in [0.2, 0.25) is 0 Å². The smallest absolute Gasteiger partial charge is 0.117 e. The number of aromatic nitrogens is 2. The van der Waals surface area contributed by atoms with Gasteiger partial charge in [0.05, 0.1) is 0 Å². The lowest BCUT2D eigenvalue weighted by atomic mass is 9.98. The Hall–Kier alpha value is -1.36. The predicted molar refractivity (Wildman–Crippen MR) is 60.3 cm³/mol. The van der Waals surface area contributed by atoms with Crippen molar-refractivity contribution < 1.29 is 0 Å². The highest BCUT2D eigenvalue weighted by atomic mass is 14.8. The van der Waals surface area contributed by atoms with Crippen LogP contribution in [0.15, 0.2) is 12.4 Å². The summed E-state index contributed by atoms with van der Waals surface area (Å²) in [5.74, 6) is 6.96. The molecule has 1 aromatic rings. The van der Waals surface area contributed by atoms with Gasteiger partial charge in [-0.15, -0.1) is 0 Å². The van der Waals surface area contributed by atoms with Crippen LogP contribution in [-0.2, 0) is 0 Å². The van der Waals surface area contributed by atoms with Gasteiger partial charge in [-0.1, -0.05) is 5.92 Å². The first kappa shape index (κ1) is 10.2. The quantitative estimate of drug-likeness (QED) is 0.651. The molecule has 2 heteroatoms. The van der Waals surface area contributed by atoms with Crippen molar-refractivity contribution in [3.05, 3.63) is 23.8 Å². The van der Waals surface area contributed by atoms with E-state index in [1.807, 2.05) is 6.07 Å². The Morgan fingerprint density at radius 1 is 1.27 bits per heavy atom. The number of hydrogen-bond acceptors (Lipinski definition) is 2. The molecule has 15 heavy (non-hydrogen) atoms. The minimum Gasteiger partial charge on any atom is -0.241 e. The third kappa shape index (κ3) is 3.06. The summed E-state index contributed by atoms with van der Waals surface area (Å²) in [6, 6.07) is 2.02. The first-order valence-electron chi connectivity index (χ1n) is 5.40. The minimum atomic E-state index is 0.0324. The molecular weight excluding hydrogens is 184 g/mol. The lowest BCUT2D eigenvalue weighted by molar-refractivity contribution is 0.571. The molecule has 1 heterocycles. The molecule has 0 aliphatic heterocycles. The highest BCUT2D eigenvalue weighted by Crippen LogP contribution is 2.38. The molecule has 0 bridgehead atoms. The van der Waals surface area contributed by atoms with Gasteiger partial charge in [-0.3, -0.25) is 0 Å². The largest absolute Gasteiger partial charge is 0.241 e. The Morgan fingerprint density at radius 3 is 2.60 bits per heavy atom. The molecule has 2 nitrogen and oxygen atoms in total. The van der Waals surface area contributed by atoms with E-state index in [2.05, 4.69) is 42.6 Å². The summed E-state index contributed by atoms with van der Waals surface area (Å²) in [7, 11) is 0. The van der Waals surface area contributed by atoms with Crippen LogP contribution in [0.1, 0.15) is 50.9 Å². The van der Waals surface area contributed by atoms with Crippen molar-refractivity contribution in [2.75, 3.05) is 0 Å². The Balaban J connectivity index is 2.20. The Labute approximate surface area is 91.1 Å². The van der Waals surface area contributed by atoms with Gasteiger partial charge >= 0.3 is 0 Å². The maximum Gasteiger partial charge on any atom is 0.117 e. The Kier molecular flexibility index (Phi) is 2.48. The van der Waals surface area contributed by atoms with Crippen LogP contribution in [0.3, 0.4) is 0 Å². The third-order valence-electron chi connectivity index (χ3n) is 2.25. The highest BCUT2D eigenvalue weighted by molar-refractivity contribution is 5.31. The zero-order valence-corrected chi connectivity index (χ0v) is 9.54. The van der Waals surface area contributed by atoms with Gasteiger partial charge in [0, 0.05) is 17.0 Å². The number of nitrogens with zero attached hydrogens (tertiary/aromatic N) is 2. The average molecular weight is 200 g/mol. The van der Waals surface area contributed by atoms with E-state index in [4.69, 9.17) is 0 Å². The molecule has 1 aromatic heterocycles. The molecule has 78 valence electrons. The highest BCUT2D eigenvalue weighted by Gasteiger charge is 2.24. The van der Waals surface area contributed by atoms with Crippen LogP contribution in [0.4, 0.5) is 0 Å². The number of hydrogen-bond donors (Lipinski definition) is 0. The molecular formula is C13H16N2. The zero-order valence-electron chi connectivity index (χ0n) is 9.54. The summed E-state index contributed by atoms with van der Waals surface area (Å²) in [5.41, 5.74) is 2.04. The van der Waals surface area contributed by atoms with Crippen LogP contribution in [0.2, 0.25) is 0 Å². The van der Waals surface area contributed by atoms with Crippen LogP contribution >= 0.6 is 0 Å². The Bertz CT molecular complexity index is 414.